The van der Waals surface area contributed by atoms with Crippen LogP contribution in [0.1, 0.15) is 25.0 Å². The molecule has 0 bridgehead atoms. The average Bonchev–Trinajstić information content (AvgIpc) is 2.35. The molecule has 0 saturated carbocycles. The van der Waals surface area contributed by atoms with Crippen LogP contribution in [0.15, 0.2) is 36.4 Å². The fourth-order valence-corrected chi connectivity index (χ4v) is 2.65. The largest absolute Gasteiger partial charge is 0.507 e. The second-order valence-corrected chi connectivity index (χ2v) is 6.53. The Labute approximate surface area is 131 Å². The van der Waals surface area contributed by atoms with Gasteiger partial charge in [0.1, 0.15) is 11.5 Å². The lowest BCUT2D eigenvalue weighted by molar-refractivity contribution is 0.470. The molecule has 0 aliphatic carbocycles. The van der Waals surface area contributed by atoms with E-state index in [1.807, 2.05) is 18.2 Å². The van der Waals surface area contributed by atoms with Crippen LogP contribution >= 0.6 is 34.2 Å². The number of hydrogen-bond acceptors (Lipinski definition) is 2. The third kappa shape index (κ3) is 2.82. The fourth-order valence-electron chi connectivity index (χ4n) is 1.96. The molecular formula is C15H14ClIO2. The monoisotopic (exact) mass is 388 g/mol. The lowest BCUT2D eigenvalue weighted by Gasteiger charge is -2.26. The highest BCUT2D eigenvalue weighted by Gasteiger charge is 2.24. The van der Waals surface area contributed by atoms with Crippen LogP contribution in [0, 0.1) is 3.57 Å². The minimum atomic E-state index is -0.259. The summed E-state index contributed by atoms with van der Waals surface area (Å²) in [5.41, 5.74) is 1.83. The minimum Gasteiger partial charge on any atom is -0.507 e. The van der Waals surface area contributed by atoms with Crippen molar-refractivity contribution in [2.45, 2.75) is 19.3 Å². The van der Waals surface area contributed by atoms with E-state index in [1.165, 1.54) is 0 Å². The molecule has 0 amide bonds. The van der Waals surface area contributed by atoms with E-state index < -0.39 is 0 Å². The summed E-state index contributed by atoms with van der Waals surface area (Å²) in [5.74, 6) is 0.366. The fraction of sp³-hybridized carbons (Fsp3) is 0.200. The predicted molar refractivity (Wildman–Crippen MR) is 86.1 cm³/mol. The summed E-state index contributed by atoms with van der Waals surface area (Å²) in [4.78, 5) is 0. The first-order valence-electron chi connectivity index (χ1n) is 5.80. The second kappa shape index (κ2) is 5.21. The topological polar surface area (TPSA) is 40.5 Å². The van der Waals surface area contributed by atoms with Crippen LogP contribution in [0.3, 0.4) is 0 Å². The lowest BCUT2D eigenvalue weighted by Crippen LogP contribution is -2.19. The van der Waals surface area contributed by atoms with E-state index in [2.05, 4.69) is 36.4 Å². The summed E-state index contributed by atoms with van der Waals surface area (Å²) >= 11 is 8.08. The van der Waals surface area contributed by atoms with Crippen molar-refractivity contribution in [1.29, 1.82) is 0 Å². The van der Waals surface area contributed by atoms with Crippen molar-refractivity contribution < 1.29 is 10.2 Å². The van der Waals surface area contributed by atoms with Gasteiger partial charge < -0.3 is 10.2 Å². The Kier molecular flexibility index (Phi) is 3.97. The second-order valence-electron chi connectivity index (χ2n) is 4.96. The third-order valence-electron chi connectivity index (χ3n) is 3.34. The standard InChI is InChI=1S/C15H14ClIO2/c1-15(2,9-3-5-13(18)11(16)7-9)10-4-6-14(19)12(17)8-10/h3-8,18-19H,1-2H3. The first-order valence-corrected chi connectivity index (χ1v) is 7.26. The molecule has 4 heteroatoms. The molecule has 2 nitrogen and oxygen atoms in total. The Morgan fingerprint density at radius 2 is 1.47 bits per heavy atom. The van der Waals surface area contributed by atoms with Gasteiger partial charge in [0.15, 0.2) is 0 Å². The molecule has 19 heavy (non-hydrogen) atoms. The van der Waals surface area contributed by atoms with E-state index in [1.54, 1.807) is 18.2 Å². The Morgan fingerprint density at radius 3 is 2.00 bits per heavy atom. The quantitative estimate of drug-likeness (QED) is 0.733. The van der Waals surface area contributed by atoms with Gasteiger partial charge in [0.2, 0.25) is 0 Å². The molecule has 0 aliphatic heterocycles. The van der Waals surface area contributed by atoms with E-state index in [9.17, 15) is 10.2 Å². The maximum absolute atomic E-state index is 9.60. The van der Waals surface area contributed by atoms with Crippen molar-refractivity contribution in [3.05, 3.63) is 56.1 Å². The van der Waals surface area contributed by atoms with Gasteiger partial charge in [-0.1, -0.05) is 37.6 Å². The maximum atomic E-state index is 9.60. The molecule has 0 saturated heterocycles. The van der Waals surface area contributed by atoms with Crippen molar-refractivity contribution in [1.82, 2.24) is 0 Å². The molecule has 0 radical (unpaired) electrons. The zero-order valence-corrected chi connectivity index (χ0v) is 13.5. The van der Waals surface area contributed by atoms with Gasteiger partial charge in [0.25, 0.3) is 0 Å². The van der Waals surface area contributed by atoms with Crippen LogP contribution in [-0.4, -0.2) is 10.2 Å². The number of benzene rings is 2. The highest BCUT2D eigenvalue weighted by atomic mass is 127. The van der Waals surface area contributed by atoms with Gasteiger partial charge >= 0.3 is 0 Å². The van der Waals surface area contributed by atoms with Crippen LogP contribution in [0.4, 0.5) is 0 Å². The van der Waals surface area contributed by atoms with Crippen molar-refractivity contribution in [2.24, 2.45) is 0 Å². The molecule has 0 aliphatic rings. The van der Waals surface area contributed by atoms with Crippen LogP contribution < -0.4 is 0 Å². The normalized spacial score (nSPS) is 11.6. The Bertz CT molecular complexity index is 570. The molecular weight excluding hydrogens is 375 g/mol. The summed E-state index contributed by atoms with van der Waals surface area (Å²) in [6.07, 6.45) is 0. The minimum absolute atomic E-state index is 0.0847. The number of rotatable bonds is 2. The number of aromatic hydroxyl groups is 2. The molecule has 0 fully saturated rings. The lowest BCUT2D eigenvalue weighted by atomic mass is 9.78. The van der Waals surface area contributed by atoms with E-state index in [4.69, 9.17) is 11.6 Å². The van der Waals surface area contributed by atoms with E-state index in [-0.39, 0.29) is 16.9 Å². The van der Waals surface area contributed by atoms with E-state index >= 15 is 0 Å². The molecule has 0 heterocycles. The van der Waals surface area contributed by atoms with Gasteiger partial charge in [-0.05, 0) is 58.0 Å². The predicted octanol–water partition coefficient (Wildman–Crippen LogP) is 4.68. The highest BCUT2D eigenvalue weighted by Crippen LogP contribution is 2.37. The summed E-state index contributed by atoms with van der Waals surface area (Å²) < 4.78 is 0.813. The first kappa shape index (κ1) is 14.5. The van der Waals surface area contributed by atoms with Crippen LogP contribution in [-0.2, 0) is 5.41 Å². The maximum Gasteiger partial charge on any atom is 0.134 e. The summed E-state index contributed by atoms with van der Waals surface area (Å²) in [6, 6.07) is 10.8. The average molecular weight is 389 g/mol. The van der Waals surface area contributed by atoms with Crippen molar-refractivity contribution in [2.75, 3.05) is 0 Å². The van der Waals surface area contributed by atoms with E-state index in [0.717, 1.165) is 14.7 Å². The van der Waals surface area contributed by atoms with Gasteiger partial charge in [-0.15, -0.1) is 0 Å². The van der Waals surface area contributed by atoms with Gasteiger partial charge in [-0.2, -0.15) is 0 Å². The van der Waals surface area contributed by atoms with Gasteiger partial charge in [-0.3, -0.25) is 0 Å². The first-order chi connectivity index (χ1) is 8.82. The summed E-state index contributed by atoms with van der Waals surface area (Å²) in [5, 5.41) is 19.4. The molecule has 0 aromatic heterocycles. The van der Waals surface area contributed by atoms with Crippen molar-refractivity contribution in [3.63, 3.8) is 0 Å². The Balaban J connectivity index is 2.51. The van der Waals surface area contributed by atoms with Gasteiger partial charge in [-0.25, -0.2) is 0 Å². The summed E-state index contributed by atoms with van der Waals surface area (Å²) in [6.45, 7) is 4.16. The Morgan fingerprint density at radius 1 is 0.947 bits per heavy atom. The molecule has 0 atom stereocenters. The van der Waals surface area contributed by atoms with Gasteiger partial charge in [0, 0.05) is 5.41 Å². The van der Waals surface area contributed by atoms with Gasteiger partial charge in [0.05, 0.1) is 8.59 Å². The number of phenols is 2. The SMILES string of the molecule is CC(C)(c1ccc(O)c(Cl)c1)c1ccc(O)c(I)c1. The van der Waals surface area contributed by atoms with Crippen LogP contribution in [0.5, 0.6) is 11.5 Å². The molecule has 2 aromatic carbocycles. The number of phenolic OH excluding ortho intramolecular Hbond substituents is 2. The van der Waals surface area contributed by atoms with Crippen LogP contribution in [0.25, 0.3) is 0 Å². The highest BCUT2D eigenvalue weighted by molar-refractivity contribution is 14.1. The number of halogens is 2. The van der Waals surface area contributed by atoms with Crippen molar-refractivity contribution in [3.8, 4) is 11.5 Å². The molecule has 0 unspecified atom stereocenters. The Hall–Kier alpha value is -0.940. The molecule has 100 valence electrons. The molecule has 2 N–H and O–H groups in total. The third-order valence-corrected chi connectivity index (χ3v) is 4.51. The number of hydrogen-bond donors (Lipinski definition) is 2. The van der Waals surface area contributed by atoms with Crippen LogP contribution in [0.2, 0.25) is 5.02 Å². The molecule has 2 rings (SSSR count). The summed E-state index contributed by atoms with van der Waals surface area (Å²) in [7, 11) is 0. The zero-order valence-electron chi connectivity index (χ0n) is 10.6. The molecule has 2 aromatic rings. The van der Waals surface area contributed by atoms with E-state index in [0.29, 0.717) is 5.02 Å². The molecule has 0 spiro atoms. The zero-order chi connectivity index (χ0) is 14.2. The van der Waals surface area contributed by atoms with Crippen molar-refractivity contribution >= 4 is 34.2 Å². The smallest absolute Gasteiger partial charge is 0.134 e.